The summed E-state index contributed by atoms with van der Waals surface area (Å²) in [6.07, 6.45) is -0.466. The maximum Gasteiger partial charge on any atom is 0.266 e. The molecule has 1 unspecified atom stereocenters. The molecule has 0 fully saturated rings. The first-order chi connectivity index (χ1) is 10.9. The first kappa shape index (κ1) is 17.6. The average Bonchev–Trinajstić information content (AvgIpc) is 2.47. The topological polar surface area (TPSA) is 66.8 Å². The Labute approximate surface area is 137 Å². The zero-order valence-corrected chi connectivity index (χ0v) is 13.8. The van der Waals surface area contributed by atoms with Crippen molar-refractivity contribution in [3.05, 3.63) is 71.8 Å². The van der Waals surface area contributed by atoms with Gasteiger partial charge in [0.15, 0.2) is 6.29 Å². The second kappa shape index (κ2) is 8.21. The maximum atomic E-state index is 11.1. The van der Waals surface area contributed by atoms with Crippen LogP contribution in [-0.4, -0.2) is 37.5 Å². The van der Waals surface area contributed by atoms with Crippen LogP contribution in [0.2, 0.25) is 0 Å². The van der Waals surface area contributed by atoms with Crippen molar-refractivity contribution in [1.82, 2.24) is 4.90 Å². The summed E-state index contributed by atoms with van der Waals surface area (Å²) in [5, 5.41) is 9.87. The Balaban J connectivity index is 2.07. The number of hydrogen-bond acceptors (Lipinski definition) is 5. The minimum absolute atomic E-state index is 0.0941. The molecule has 0 amide bonds. The van der Waals surface area contributed by atoms with E-state index in [0.29, 0.717) is 13.1 Å². The molecular weight excluding hydrogens is 314 g/mol. The lowest BCUT2D eigenvalue weighted by atomic mass is 10.1. The first-order valence-corrected chi connectivity index (χ1v) is 9.10. The van der Waals surface area contributed by atoms with Gasteiger partial charge in [0.05, 0.1) is 12.8 Å². The van der Waals surface area contributed by atoms with Gasteiger partial charge < -0.3 is 5.11 Å². The van der Waals surface area contributed by atoms with Crippen molar-refractivity contribution in [2.24, 2.45) is 0 Å². The Morgan fingerprint density at radius 2 is 1.39 bits per heavy atom. The van der Waals surface area contributed by atoms with Crippen molar-refractivity contribution in [2.45, 2.75) is 19.4 Å². The molecule has 2 aromatic carbocycles. The quantitative estimate of drug-likeness (QED) is 0.590. The van der Waals surface area contributed by atoms with E-state index < -0.39 is 16.4 Å². The van der Waals surface area contributed by atoms with E-state index in [4.69, 9.17) is 0 Å². The van der Waals surface area contributed by atoms with Crippen LogP contribution in [0, 0.1) is 0 Å². The molecule has 0 aromatic heterocycles. The fourth-order valence-electron chi connectivity index (χ4n) is 2.32. The van der Waals surface area contributed by atoms with E-state index in [9.17, 15) is 13.5 Å². The molecule has 2 rings (SSSR count). The van der Waals surface area contributed by atoms with E-state index in [2.05, 4.69) is 4.18 Å². The summed E-state index contributed by atoms with van der Waals surface area (Å²) in [4.78, 5) is 1.94. The number of aliphatic hydroxyl groups excluding tert-OH is 1. The lowest BCUT2D eigenvalue weighted by Gasteiger charge is -2.24. The highest BCUT2D eigenvalue weighted by Gasteiger charge is 2.17. The third kappa shape index (κ3) is 6.92. The Bertz CT molecular complexity index is 648. The van der Waals surface area contributed by atoms with Crippen molar-refractivity contribution < 1.29 is 17.7 Å². The lowest BCUT2D eigenvalue weighted by molar-refractivity contribution is -0.0390. The molecule has 6 heteroatoms. The number of rotatable bonds is 8. The van der Waals surface area contributed by atoms with E-state index in [0.717, 1.165) is 17.4 Å². The Kier molecular flexibility index (Phi) is 6.29. The molecule has 0 spiro atoms. The van der Waals surface area contributed by atoms with Crippen molar-refractivity contribution in [1.29, 1.82) is 0 Å². The second-order valence-electron chi connectivity index (χ2n) is 5.40. The summed E-state index contributed by atoms with van der Waals surface area (Å²) in [5.74, 6) is 0. The Hall–Kier alpha value is -1.73. The molecule has 2 aromatic rings. The molecule has 23 heavy (non-hydrogen) atoms. The molecule has 1 N–H and O–H groups in total. The van der Waals surface area contributed by atoms with Crippen LogP contribution in [0.15, 0.2) is 60.7 Å². The van der Waals surface area contributed by atoms with Crippen LogP contribution in [0.5, 0.6) is 0 Å². The normalized spacial score (nSPS) is 13.2. The minimum atomic E-state index is -3.69. The zero-order chi connectivity index (χ0) is 16.7. The third-order valence-electron chi connectivity index (χ3n) is 3.20. The summed E-state index contributed by atoms with van der Waals surface area (Å²) in [6, 6.07) is 19.6. The van der Waals surface area contributed by atoms with Gasteiger partial charge in [0.1, 0.15) is 0 Å². The summed E-state index contributed by atoms with van der Waals surface area (Å²) in [6.45, 7) is 1.26. The maximum absolute atomic E-state index is 11.1. The summed E-state index contributed by atoms with van der Waals surface area (Å²) < 4.78 is 26.9. The van der Waals surface area contributed by atoms with Gasteiger partial charge in [-0.25, -0.2) is 4.18 Å². The van der Waals surface area contributed by atoms with E-state index in [1.54, 1.807) is 0 Å². The van der Waals surface area contributed by atoms with E-state index in [1.807, 2.05) is 65.6 Å². The Morgan fingerprint density at radius 1 is 0.957 bits per heavy atom. The predicted molar refractivity (Wildman–Crippen MR) is 88.9 cm³/mol. The Morgan fingerprint density at radius 3 is 1.78 bits per heavy atom. The lowest BCUT2D eigenvalue weighted by Crippen LogP contribution is -2.34. The average molecular weight is 335 g/mol. The van der Waals surface area contributed by atoms with Crippen molar-refractivity contribution in [3.63, 3.8) is 0 Å². The minimum Gasteiger partial charge on any atom is -0.366 e. The predicted octanol–water partition coefficient (Wildman–Crippen LogP) is 1.98. The molecule has 0 aliphatic carbocycles. The van der Waals surface area contributed by atoms with E-state index >= 15 is 0 Å². The van der Waals surface area contributed by atoms with Gasteiger partial charge in [-0.1, -0.05) is 60.7 Å². The summed E-state index contributed by atoms with van der Waals surface area (Å²) in [7, 11) is -3.69. The van der Waals surface area contributed by atoms with Crippen LogP contribution in [0.1, 0.15) is 11.1 Å². The molecule has 1 atom stereocenters. The van der Waals surface area contributed by atoms with Crippen LogP contribution in [-0.2, 0) is 27.4 Å². The van der Waals surface area contributed by atoms with E-state index in [1.165, 1.54) is 0 Å². The highest BCUT2D eigenvalue weighted by molar-refractivity contribution is 7.86. The van der Waals surface area contributed by atoms with Crippen molar-refractivity contribution in [2.75, 3.05) is 12.8 Å². The van der Waals surface area contributed by atoms with E-state index in [-0.39, 0.29) is 6.54 Å². The van der Waals surface area contributed by atoms with Gasteiger partial charge in [-0.05, 0) is 11.1 Å². The van der Waals surface area contributed by atoms with Crippen molar-refractivity contribution in [3.8, 4) is 0 Å². The molecule has 0 aliphatic heterocycles. The fraction of sp³-hybridized carbons (Fsp3) is 0.294. The molecule has 124 valence electrons. The van der Waals surface area contributed by atoms with Gasteiger partial charge in [0.2, 0.25) is 0 Å². The van der Waals surface area contributed by atoms with Gasteiger partial charge in [0.25, 0.3) is 10.1 Å². The molecule has 0 bridgehead atoms. The molecule has 0 aliphatic rings. The molecule has 0 saturated carbocycles. The van der Waals surface area contributed by atoms with Gasteiger partial charge in [0, 0.05) is 13.1 Å². The summed E-state index contributed by atoms with van der Waals surface area (Å²) in [5.41, 5.74) is 2.16. The van der Waals surface area contributed by atoms with Gasteiger partial charge in [-0.15, -0.1) is 0 Å². The third-order valence-corrected chi connectivity index (χ3v) is 3.77. The fourth-order valence-corrected chi connectivity index (χ4v) is 2.79. The molecule has 0 heterocycles. The number of nitrogens with zero attached hydrogens (tertiary/aromatic N) is 1. The summed E-state index contributed by atoms with van der Waals surface area (Å²) >= 11 is 0. The highest BCUT2D eigenvalue weighted by Crippen LogP contribution is 2.11. The standard InChI is InChI=1S/C17H21NO4S/c1-23(20,21)22-17(19)14-18(12-15-8-4-2-5-9-15)13-16-10-6-3-7-11-16/h2-11,17,19H,12-14H2,1H3. The smallest absolute Gasteiger partial charge is 0.266 e. The van der Waals surface area contributed by atoms with Crippen LogP contribution < -0.4 is 0 Å². The van der Waals surface area contributed by atoms with Gasteiger partial charge >= 0.3 is 0 Å². The SMILES string of the molecule is CS(=O)(=O)OC(O)CN(Cc1ccccc1)Cc1ccccc1. The number of benzene rings is 2. The number of hydrogen-bond donors (Lipinski definition) is 1. The van der Waals surface area contributed by atoms with Gasteiger partial charge in [-0.3, -0.25) is 4.90 Å². The second-order valence-corrected chi connectivity index (χ2v) is 7.00. The van der Waals surface area contributed by atoms with Gasteiger partial charge in [-0.2, -0.15) is 8.42 Å². The van der Waals surface area contributed by atoms with Crippen molar-refractivity contribution >= 4 is 10.1 Å². The molecule has 0 saturated heterocycles. The van der Waals surface area contributed by atoms with Crippen LogP contribution in [0.3, 0.4) is 0 Å². The monoisotopic (exact) mass is 335 g/mol. The van der Waals surface area contributed by atoms with Crippen LogP contribution in [0.25, 0.3) is 0 Å². The largest absolute Gasteiger partial charge is 0.366 e. The first-order valence-electron chi connectivity index (χ1n) is 7.29. The van der Waals surface area contributed by atoms with Crippen LogP contribution in [0.4, 0.5) is 0 Å². The zero-order valence-electron chi connectivity index (χ0n) is 13.0. The molecular formula is C17H21NO4S. The molecule has 0 radical (unpaired) electrons. The van der Waals surface area contributed by atoms with Crippen LogP contribution >= 0.6 is 0 Å². The highest BCUT2D eigenvalue weighted by atomic mass is 32.2. The number of aliphatic hydroxyl groups is 1. The molecule has 5 nitrogen and oxygen atoms in total.